The summed E-state index contributed by atoms with van der Waals surface area (Å²) in [6, 6.07) is 12.4. The fraction of sp³-hybridized carbons (Fsp3) is 0.200. The largest absolute Gasteiger partial charge is 0.326 e. The van der Waals surface area contributed by atoms with Gasteiger partial charge in [0.2, 0.25) is 0 Å². The quantitative estimate of drug-likeness (QED) is 0.909. The molecular formula is C15H18N2O2S. The van der Waals surface area contributed by atoms with Gasteiger partial charge in [0.15, 0.2) is 0 Å². The predicted molar refractivity (Wildman–Crippen MR) is 81.1 cm³/mol. The third-order valence-corrected chi connectivity index (χ3v) is 4.58. The molecule has 0 radical (unpaired) electrons. The summed E-state index contributed by atoms with van der Waals surface area (Å²) >= 11 is 0. The Morgan fingerprint density at radius 1 is 1.10 bits per heavy atom. The van der Waals surface area contributed by atoms with Gasteiger partial charge >= 0.3 is 0 Å². The zero-order chi connectivity index (χ0) is 14.8. The van der Waals surface area contributed by atoms with E-state index in [1.54, 1.807) is 37.3 Å². The van der Waals surface area contributed by atoms with E-state index < -0.39 is 10.0 Å². The first-order valence-electron chi connectivity index (χ1n) is 6.31. The number of nitrogens with two attached hydrogens (primary N) is 1. The van der Waals surface area contributed by atoms with E-state index in [1.807, 2.05) is 19.1 Å². The van der Waals surface area contributed by atoms with E-state index >= 15 is 0 Å². The Morgan fingerprint density at radius 2 is 1.85 bits per heavy atom. The van der Waals surface area contributed by atoms with E-state index in [2.05, 4.69) is 4.72 Å². The zero-order valence-corrected chi connectivity index (χ0v) is 12.4. The summed E-state index contributed by atoms with van der Waals surface area (Å²) in [5.41, 5.74) is 8.72. The fourth-order valence-electron chi connectivity index (χ4n) is 2.06. The van der Waals surface area contributed by atoms with Crippen LogP contribution in [0.3, 0.4) is 0 Å². The van der Waals surface area contributed by atoms with E-state index in [9.17, 15) is 8.42 Å². The Bertz CT molecular complexity index is 724. The Morgan fingerprint density at radius 3 is 2.45 bits per heavy atom. The maximum atomic E-state index is 12.4. The molecule has 0 bridgehead atoms. The number of nitrogens with one attached hydrogen (secondary N) is 1. The molecule has 0 aliphatic rings. The summed E-state index contributed by atoms with van der Waals surface area (Å²) < 4.78 is 27.4. The van der Waals surface area contributed by atoms with E-state index in [0.29, 0.717) is 17.8 Å². The fourth-order valence-corrected chi connectivity index (χ4v) is 3.34. The number of benzene rings is 2. The molecule has 0 unspecified atom stereocenters. The van der Waals surface area contributed by atoms with Gasteiger partial charge in [-0.15, -0.1) is 0 Å². The molecule has 0 aromatic heterocycles. The lowest BCUT2D eigenvalue weighted by Gasteiger charge is -2.11. The summed E-state index contributed by atoms with van der Waals surface area (Å²) in [5.74, 6) is 0. The van der Waals surface area contributed by atoms with Gasteiger partial charge in [-0.1, -0.05) is 24.3 Å². The molecule has 0 aliphatic carbocycles. The summed E-state index contributed by atoms with van der Waals surface area (Å²) in [7, 11) is -3.58. The number of hydrogen-bond donors (Lipinski definition) is 2. The van der Waals surface area contributed by atoms with Crippen LogP contribution in [0, 0.1) is 13.8 Å². The first kappa shape index (κ1) is 14.6. The van der Waals surface area contributed by atoms with Crippen molar-refractivity contribution in [2.45, 2.75) is 25.3 Å². The van der Waals surface area contributed by atoms with E-state index in [1.165, 1.54) is 0 Å². The highest BCUT2D eigenvalue weighted by Crippen LogP contribution is 2.20. The molecule has 2 aromatic carbocycles. The average molecular weight is 290 g/mol. The first-order chi connectivity index (χ1) is 9.42. The highest BCUT2D eigenvalue weighted by atomic mass is 32.2. The maximum Gasteiger partial charge on any atom is 0.262 e. The first-order valence-corrected chi connectivity index (χ1v) is 7.80. The number of rotatable bonds is 4. The Hall–Kier alpha value is -1.85. The van der Waals surface area contributed by atoms with Gasteiger partial charge in [0.1, 0.15) is 0 Å². The molecule has 0 aliphatic heterocycles. The molecule has 106 valence electrons. The Labute approximate surface area is 119 Å². The van der Waals surface area contributed by atoms with Crippen LogP contribution in [0.5, 0.6) is 0 Å². The predicted octanol–water partition coefficient (Wildman–Crippen LogP) is 2.56. The third-order valence-electron chi connectivity index (χ3n) is 3.03. The molecule has 5 heteroatoms. The summed E-state index contributed by atoms with van der Waals surface area (Å²) in [5, 5.41) is 0. The average Bonchev–Trinajstić information content (AvgIpc) is 2.37. The molecule has 2 rings (SSSR count). The van der Waals surface area contributed by atoms with Crippen molar-refractivity contribution in [3.8, 4) is 0 Å². The highest BCUT2D eigenvalue weighted by Gasteiger charge is 2.17. The second kappa shape index (κ2) is 5.64. The molecule has 20 heavy (non-hydrogen) atoms. The zero-order valence-electron chi connectivity index (χ0n) is 11.6. The van der Waals surface area contributed by atoms with Crippen LogP contribution in [0.25, 0.3) is 0 Å². The standard InChI is InChI=1S/C15H18N2O2S/c1-11-4-3-5-14(8-11)17-20(18,19)15-7-6-13(10-16)9-12(15)2/h3-9,17H,10,16H2,1-2H3. The molecule has 0 heterocycles. The van der Waals surface area contributed by atoms with Gasteiger partial charge in [-0.05, 0) is 48.7 Å². The second-order valence-electron chi connectivity index (χ2n) is 4.78. The molecular weight excluding hydrogens is 272 g/mol. The number of hydrogen-bond acceptors (Lipinski definition) is 3. The Balaban J connectivity index is 2.36. The Kier molecular flexibility index (Phi) is 4.11. The van der Waals surface area contributed by atoms with Crippen molar-refractivity contribution in [1.29, 1.82) is 0 Å². The SMILES string of the molecule is Cc1cccc(NS(=O)(=O)c2ccc(CN)cc2C)c1. The number of anilines is 1. The van der Waals surface area contributed by atoms with Gasteiger partial charge in [-0.2, -0.15) is 0 Å². The van der Waals surface area contributed by atoms with Gasteiger partial charge in [-0.25, -0.2) is 8.42 Å². The van der Waals surface area contributed by atoms with Crippen LogP contribution >= 0.6 is 0 Å². The number of sulfonamides is 1. The van der Waals surface area contributed by atoms with Crippen molar-refractivity contribution in [1.82, 2.24) is 0 Å². The van der Waals surface area contributed by atoms with Crippen molar-refractivity contribution in [2.24, 2.45) is 5.73 Å². The minimum absolute atomic E-state index is 0.274. The van der Waals surface area contributed by atoms with Crippen molar-refractivity contribution < 1.29 is 8.42 Å². The third kappa shape index (κ3) is 3.18. The van der Waals surface area contributed by atoms with Gasteiger partial charge < -0.3 is 5.73 Å². The van der Waals surface area contributed by atoms with Crippen LogP contribution in [0.4, 0.5) is 5.69 Å². The smallest absolute Gasteiger partial charge is 0.262 e. The molecule has 0 spiro atoms. The van der Waals surface area contributed by atoms with Crippen molar-refractivity contribution in [3.63, 3.8) is 0 Å². The van der Waals surface area contributed by atoms with Crippen LogP contribution < -0.4 is 10.5 Å². The lowest BCUT2D eigenvalue weighted by atomic mass is 10.1. The van der Waals surface area contributed by atoms with E-state index in [0.717, 1.165) is 11.1 Å². The summed E-state index contributed by atoms with van der Waals surface area (Å²) in [6.45, 7) is 4.08. The van der Waals surface area contributed by atoms with Gasteiger partial charge in [-0.3, -0.25) is 4.72 Å². The van der Waals surface area contributed by atoms with Crippen molar-refractivity contribution in [3.05, 3.63) is 59.2 Å². The molecule has 0 saturated heterocycles. The molecule has 0 saturated carbocycles. The normalized spacial score (nSPS) is 11.3. The maximum absolute atomic E-state index is 12.4. The summed E-state index contributed by atoms with van der Waals surface area (Å²) in [6.07, 6.45) is 0. The molecule has 3 N–H and O–H groups in total. The van der Waals surface area contributed by atoms with Gasteiger partial charge in [0.25, 0.3) is 10.0 Å². The molecule has 0 atom stereocenters. The summed E-state index contributed by atoms with van der Waals surface area (Å²) in [4.78, 5) is 0.274. The second-order valence-corrected chi connectivity index (χ2v) is 6.43. The van der Waals surface area contributed by atoms with Crippen molar-refractivity contribution in [2.75, 3.05) is 4.72 Å². The van der Waals surface area contributed by atoms with Crippen LogP contribution in [-0.2, 0) is 16.6 Å². The molecule has 4 nitrogen and oxygen atoms in total. The monoisotopic (exact) mass is 290 g/mol. The molecule has 0 amide bonds. The van der Waals surface area contributed by atoms with Crippen LogP contribution in [0.1, 0.15) is 16.7 Å². The van der Waals surface area contributed by atoms with E-state index in [-0.39, 0.29) is 4.90 Å². The lowest BCUT2D eigenvalue weighted by molar-refractivity contribution is 0.600. The number of aryl methyl sites for hydroxylation is 2. The molecule has 2 aromatic rings. The van der Waals surface area contributed by atoms with Crippen LogP contribution in [0.15, 0.2) is 47.4 Å². The molecule has 0 fully saturated rings. The highest BCUT2D eigenvalue weighted by molar-refractivity contribution is 7.92. The van der Waals surface area contributed by atoms with Crippen molar-refractivity contribution >= 4 is 15.7 Å². The van der Waals surface area contributed by atoms with Crippen LogP contribution in [-0.4, -0.2) is 8.42 Å². The van der Waals surface area contributed by atoms with Crippen LogP contribution in [0.2, 0.25) is 0 Å². The minimum Gasteiger partial charge on any atom is -0.326 e. The minimum atomic E-state index is -3.58. The van der Waals surface area contributed by atoms with E-state index in [4.69, 9.17) is 5.73 Å². The van der Waals surface area contributed by atoms with Gasteiger partial charge in [0, 0.05) is 12.2 Å². The lowest BCUT2D eigenvalue weighted by Crippen LogP contribution is -2.14. The van der Waals surface area contributed by atoms with Gasteiger partial charge in [0.05, 0.1) is 4.90 Å². The topological polar surface area (TPSA) is 72.2 Å².